The van der Waals surface area contributed by atoms with Gasteiger partial charge in [-0.2, -0.15) is 0 Å². The Morgan fingerprint density at radius 3 is 2.25 bits per heavy atom. The van der Waals surface area contributed by atoms with Gasteiger partial charge in [0.25, 0.3) is 11.8 Å². The number of methoxy groups -OCH3 is 1. The maximum Gasteiger partial charge on any atom is 0.257 e. The molecule has 0 N–H and O–H groups in total. The van der Waals surface area contributed by atoms with E-state index in [1.54, 1.807) is 55.6 Å². The van der Waals surface area contributed by atoms with Crippen LogP contribution in [0.25, 0.3) is 0 Å². The summed E-state index contributed by atoms with van der Waals surface area (Å²) in [7, 11) is 1.56. The molecule has 0 bridgehead atoms. The molecule has 0 radical (unpaired) electrons. The van der Waals surface area contributed by atoms with Crippen LogP contribution in [-0.2, 0) is 16.1 Å². The van der Waals surface area contributed by atoms with Gasteiger partial charge in [-0.3, -0.25) is 14.4 Å². The Balaban J connectivity index is 1.68. The first kappa shape index (κ1) is 21.3. The van der Waals surface area contributed by atoms with Crippen molar-refractivity contribution in [1.82, 2.24) is 4.90 Å². The van der Waals surface area contributed by atoms with Gasteiger partial charge in [0.1, 0.15) is 11.8 Å². The minimum Gasteiger partial charge on any atom is -0.497 e. The van der Waals surface area contributed by atoms with E-state index in [0.29, 0.717) is 17.0 Å². The molecule has 1 saturated heterocycles. The fourth-order valence-electron chi connectivity index (χ4n) is 3.82. The van der Waals surface area contributed by atoms with Crippen LogP contribution in [0.2, 0.25) is 0 Å². The van der Waals surface area contributed by atoms with Gasteiger partial charge in [0.05, 0.1) is 19.2 Å². The van der Waals surface area contributed by atoms with Crippen molar-refractivity contribution < 1.29 is 19.1 Å². The number of rotatable bonds is 6. The fourth-order valence-corrected chi connectivity index (χ4v) is 3.82. The number of hydrogen-bond acceptors (Lipinski definition) is 4. The Kier molecular flexibility index (Phi) is 6.03. The molecule has 6 nitrogen and oxygen atoms in total. The van der Waals surface area contributed by atoms with Crippen molar-refractivity contribution in [2.24, 2.45) is 0 Å². The third kappa shape index (κ3) is 4.25. The first-order valence-electron chi connectivity index (χ1n) is 10.4. The van der Waals surface area contributed by atoms with Gasteiger partial charge >= 0.3 is 0 Å². The molecule has 32 heavy (non-hydrogen) atoms. The highest BCUT2D eigenvalue weighted by Crippen LogP contribution is 2.28. The molecule has 4 rings (SSSR count). The van der Waals surface area contributed by atoms with Crippen LogP contribution in [0.5, 0.6) is 5.75 Å². The van der Waals surface area contributed by atoms with Gasteiger partial charge in [0.2, 0.25) is 5.91 Å². The maximum absolute atomic E-state index is 13.5. The number of para-hydroxylation sites is 1. The first-order valence-corrected chi connectivity index (χ1v) is 10.4. The fraction of sp³-hybridized carbons (Fsp3) is 0.192. The van der Waals surface area contributed by atoms with Crippen molar-refractivity contribution in [3.05, 3.63) is 95.6 Å². The van der Waals surface area contributed by atoms with Gasteiger partial charge in [-0.05, 0) is 48.9 Å². The summed E-state index contributed by atoms with van der Waals surface area (Å²) in [4.78, 5) is 42.3. The molecule has 6 heteroatoms. The van der Waals surface area contributed by atoms with Crippen LogP contribution in [-0.4, -0.2) is 35.8 Å². The highest BCUT2D eigenvalue weighted by atomic mass is 16.5. The molecule has 162 valence electrons. The molecule has 3 aromatic rings. The standard InChI is InChI=1S/C26H24N2O4/c1-18-8-10-19(11-9-18)17-27(25(30)20-12-14-22(32-2)15-13-20)23-16-24(29)28(26(23)31)21-6-4-3-5-7-21/h3-15,23H,16-17H2,1-2H3. The minimum atomic E-state index is -0.876. The number of imide groups is 1. The summed E-state index contributed by atoms with van der Waals surface area (Å²) in [5, 5.41) is 0. The predicted molar refractivity (Wildman–Crippen MR) is 121 cm³/mol. The molecule has 0 spiro atoms. The molecule has 1 aliphatic heterocycles. The molecule has 1 fully saturated rings. The van der Waals surface area contributed by atoms with Crippen LogP contribution >= 0.6 is 0 Å². The number of anilines is 1. The number of benzene rings is 3. The number of hydrogen-bond donors (Lipinski definition) is 0. The molecule has 0 saturated carbocycles. The summed E-state index contributed by atoms with van der Waals surface area (Å²) in [6, 6.07) is 22.4. The molecule has 1 aliphatic rings. The Bertz CT molecular complexity index is 1120. The number of amides is 3. The molecule has 3 amide bonds. The molecule has 0 aliphatic carbocycles. The molecule has 0 aromatic heterocycles. The second-order valence-electron chi connectivity index (χ2n) is 7.77. The summed E-state index contributed by atoms with van der Waals surface area (Å²) < 4.78 is 5.18. The van der Waals surface area contributed by atoms with Crippen LogP contribution in [0.1, 0.15) is 27.9 Å². The SMILES string of the molecule is COc1ccc(C(=O)N(Cc2ccc(C)cc2)C2CC(=O)N(c3ccccc3)C2=O)cc1. The second kappa shape index (κ2) is 9.06. The molecule has 3 aromatic carbocycles. The van der Waals surface area contributed by atoms with Gasteiger partial charge in [-0.25, -0.2) is 4.90 Å². The lowest BCUT2D eigenvalue weighted by molar-refractivity contribution is -0.122. The van der Waals surface area contributed by atoms with E-state index in [1.807, 2.05) is 37.3 Å². The smallest absolute Gasteiger partial charge is 0.257 e. The van der Waals surface area contributed by atoms with Gasteiger partial charge in [-0.1, -0.05) is 48.0 Å². The Labute approximate surface area is 187 Å². The lowest BCUT2D eigenvalue weighted by Gasteiger charge is -2.28. The van der Waals surface area contributed by atoms with Crippen LogP contribution in [0.3, 0.4) is 0 Å². The lowest BCUT2D eigenvalue weighted by atomic mass is 10.1. The quantitative estimate of drug-likeness (QED) is 0.557. The largest absolute Gasteiger partial charge is 0.497 e. The van der Waals surface area contributed by atoms with Crippen molar-refractivity contribution in [2.75, 3.05) is 12.0 Å². The van der Waals surface area contributed by atoms with Gasteiger partial charge in [0.15, 0.2) is 0 Å². The van der Waals surface area contributed by atoms with Crippen molar-refractivity contribution >= 4 is 23.4 Å². The van der Waals surface area contributed by atoms with Gasteiger partial charge in [-0.15, -0.1) is 0 Å². The van der Waals surface area contributed by atoms with E-state index in [2.05, 4.69) is 0 Å². The summed E-state index contributed by atoms with van der Waals surface area (Å²) in [5.41, 5.74) is 2.92. The summed E-state index contributed by atoms with van der Waals surface area (Å²) in [6.45, 7) is 2.21. The van der Waals surface area contributed by atoms with Crippen LogP contribution in [0, 0.1) is 6.92 Å². The van der Waals surface area contributed by atoms with Gasteiger partial charge < -0.3 is 9.64 Å². The van der Waals surface area contributed by atoms with E-state index < -0.39 is 11.9 Å². The zero-order valence-electron chi connectivity index (χ0n) is 18.0. The Morgan fingerprint density at radius 1 is 0.969 bits per heavy atom. The van der Waals surface area contributed by atoms with Crippen LogP contribution in [0.4, 0.5) is 5.69 Å². The van der Waals surface area contributed by atoms with Crippen molar-refractivity contribution in [1.29, 1.82) is 0 Å². The van der Waals surface area contributed by atoms with E-state index in [1.165, 1.54) is 9.80 Å². The number of carbonyl (C=O) groups is 3. The number of carbonyl (C=O) groups excluding carboxylic acids is 3. The normalized spacial score (nSPS) is 15.7. The third-order valence-corrected chi connectivity index (χ3v) is 5.58. The van der Waals surface area contributed by atoms with E-state index in [0.717, 1.165) is 11.1 Å². The highest BCUT2D eigenvalue weighted by Gasteiger charge is 2.44. The van der Waals surface area contributed by atoms with Crippen LogP contribution in [0.15, 0.2) is 78.9 Å². The van der Waals surface area contributed by atoms with E-state index >= 15 is 0 Å². The summed E-state index contributed by atoms with van der Waals surface area (Å²) in [5.74, 6) is -0.388. The molecular weight excluding hydrogens is 404 g/mol. The highest BCUT2D eigenvalue weighted by molar-refractivity contribution is 6.23. The maximum atomic E-state index is 13.5. The van der Waals surface area contributed by atoms with Crippen LogP contribution < -0.4 is 9.64 Å². The molecule has 1 unspecified atom stereocenters. The van der Waals surface area contributed by atoms with Crippen molar-refractivity contribution in [2.45, 2.75) is 25.9 Å². The first-order chi connectivity index (χ1) is 15.5. The minimum absolute atomic E-state index is 0.0541. The number of nitrogens with zero attached hydrogens (tertiary/aromatic N) is 2. The van der Waals surface area contributed by atoms with Crippen molar-refractivity contribution in [3.8, 4) is 5.75 Å². The van der Waals surface area contributed by atoms with E-state index in [-0.39, 0.29) is 24.8 Å². The predicted octanol–water partition coefficient (Wildman–Crippen LogP) is 3.98. The summed E-state index contributed by atoms with van der Waals surface area (Å²) in [6.07, 6.45) is -0.0541. The zero-order valence-corrected chi connectivity index (χ0v) is 18.0. The summed E-state index contributed by atoms with van der Waals surface area (Å²) >= 11 is 0. The monoisotopic (exact) mass is 428 g/mol. The Morgan fingerprint density at radius 2 is 1.62 bits per heavy atom. The topological polar surface area (TPSA) is 66.9 Å². The number of aryl methyl sites for hydroxylation is 1. The molecule has 1 atom stereocenters. The average Bonchev–Trinajstić information content (AvgIpc) is 3.12. The van der Waals surface area contributed by atoms with E-state index in [4.69, 9.17) is 4.74 Å². The second-order valence-corrected chi connectivity index (χ2v) is 7.77. The molecule has 1 heterocycles. The Hall–Kier alpha value is -3.93. The average molecular weight is 428 g/mol. The van der Waals surface area contributed by atoms with E-state index in [9.17, 15) is 14.4 Å². The number of ether oxygens (including phenoxy) is 1. The van der Waals surface area contributed by atoms with Gasteiger partial charge in [0, 0.05) is 12.1 Å². The molecular formula is C26H24N2O4. The zero-order chi connectivity index (χ0) is 22.7. The van der Waals surface area contributed by atoms with Crippen molar-refractivity contribution in [3.63, 3.8) is 0 Å². The third-order valence-electron chi connectivity index (χ3n) is 5.58. The lowest BCUT2D eigenvalue weighted by Crippen LogP contribution is -2.45.